The van der Waals surface area contributed by atoms with Gasteiger partial charge in [-0.25, -0.2) is 4.98 Å². The van der Waals surface area contributed by atoms with Gasteiger partial charge in [0.25, 0.3) is 0 Å². The zero-order valence-electron chi connectivity index (χ0n) is 47.4. The van der Waals surface area contributed by atoms with Crippen molar-refractivity contribution in [1.29, 1.82) is 0 Å². The SMILES string of the molecule is CC(c1ccccc1)[C@@H]1NC(=O)CNC(=O)[C@H](CO)NC(=O)[C@@H](C(O)C2CN=C(N)N2[C@H]2O[C@H](CO)[C@@H](O)[C@H](O)[C@@H]2O)NC(=O)[C@H](C(O)C2CN=C(N)N2)NC(=O)[C@@H](Cc2ccc3oc(-c4ccccc4O[C@H]4O[C@H](CO)[C@@H](O)[C@H](O)[C@H]4O)nc3c2)NC1=O. The predicted octanol–water partition coefficient (Wildman–Crippen LogP) is -9.63. The Morgan fingerprint density at radius 3 is 1.96 bits per heavy atom. The summed E-state index contributed by atoms with van der Waals surface area (Å²) in [5, 5.41) is 136. The van der Waals surface area contributed by atoms with Gasteiger partial charge in [0.05, 0.1) is 57.1 Å². The fourth-order valence-corrected chi connectivity index (χ4v) is 11.0. The minimum absolute atomic E-state index is 0.0277. The lowest BCUT2D eigenvalue weighted by atomic mass is 9.92. The first-order valence-electron chi connectivity index (χ1n) is 28.2. The van der Waals surface area contributed by atoms with Crippen molar-refractivity contribution in [3.05, 3.63) is 83.9 Å². The molecule has 6 heterocycles. The molecule has 1 aromatic heterocycles. The summed E-state index contributed by atoms with van der Waals surface area (Å²) in [5.41, 5.74) is 13.5. The van der Waals surface area contributed by atoms with Crippen molar-refractivity contribution >= 4 is 58.5 Å². The van der Waals surface area contributed by atoms with Gasteiger partial charge in [-0.15, -0.1) is 0 Å². The summed E-state index contributed by atoms with van der Waals surface area (Å²) in [7, 11) is 0. The molecule has 3 saturated heterocycles. The number of amides is 6. The molecular formula is C55H71N13O21. The van der Waals surface area contributed by atoms with E-state index in [0.29, 0.717) is 5.56 Å². The zero-order valence-corrected chi connectivity index (χ0v) is 47.4. The predicted molar refractivity (Wildman–Crippen MR) is 303 cm³/mol. The van der Waals surface area contributed by atoms with Gasteiger partial charge >= 0.3 is 0 Å². The number of oxazole rings is 1. The van der Waals surface area contributed by atoms with Gasteiger partial charge in [-0.1, -0.05) is 55.5 Å². The molecule has 34 nitrogen and oxygen atoms in total. The number of para-hydroxylation sites is 1. The van der Waals surface area contributed by atoms with Gasteiger partial charge in [0.2, 0.25) is 47.6 Å². The summed E-state index contributed by atoms with van der Waals surface area (Å²) < 4.78 is 23.3. The summed E-state index contributed by atoms with van der Waals surface area (Å²) in [6.07, 6.45) is -22.0. The van der Waals surface area contributed by atoms with Crippen LogP contribution >= 0.6 is 0 Å². The van der Waals surface area contributed by atoms with Crippen LogP contribution in [0.5, 0.6) is 5.75 Å². The number of guanidine groups is 2. The molecule has 0 spiro atoms. The molecule has 0 aliphatic carbocycles. The van der Waals surface area contributed by atoms with Crippen molar-refractivity contribution in [2.24, 2.45) is 21.5 Å². The third-order valence-electron chi connectivity index (χ3n) is 16.0. The minimum Gasteiger partial charge on any atom is -0.461 e. The number of fused-ring (bicyclic) bond motifs is 1. The smallest absolute Gasteiger partial charge is 0.246 e. The lowest BCUT2D eigenvalue weighted by Gasteiger charge is -2.46. The number of nitrogens with one attached hydrogen (secondary N) is 7. The largest absolute Gasteiger partial charge is 0.461 e. The molecule has 9 rings (SSSR count). The molecule has 4 aromatic rings. The van der Waals surface area contributed by atoms with E-state index in [1.807, 2.05) is 0 Å². The molecular weight excluding hydrogens is 1180 g/mol. The van der Waals surface area contributed by atoms with E-state index >= 15 is 9.59 Å². The number of carbonyl (C=O) groups excluding carboxylic acids is 6. The maximum atomic E-state index is 15.2. The number of ether oxygens (including phenoxy) is 3. The monoisotopic (exact) mass is 1250 g/mol. The number of aromatic nitrogens is 1. The molecule has 482 valence electrons. The van der Waals surface area contributed by atoms with Crippen molar-refractivity contribution in [1.82, 2.24) is 47.1 Å². The number of hydrogen-bond donors (Lipinski definition) is 20. The molecule has 5 unspecified atom stereocenters. The molecule has 20 atom stereocenters. The van der Waals surface area contributed by atoms with Gasteiger partial charge < -0.3 is 128 Å². The summed E-state index contributed by atoms with van der Waals surface area (Å²) in [4.78, 5) is 101. The molecule has 34 heteroatoms. The highest BCUT2D eigenvalue weighted by Crippen LogP contribution is 2.35. The topological polar surface area (TPSA) is 543 Å². The second-order valence-corrected chi connectivity index (χ2v) is 21.9. The van der Waals surface area contributed by atoms with Crippen LogP contribution in [-0.4, -0.2) is 269 Å². The van der Waals surface area contributed by atoms with Crippen molar-refractivity contribution < 1.29 is 104 Å². The number of nitrogens with two attached hydrogens (primary N) is 2. The van der Waals surface area contributed by atoms with Crippen LogP contribution in [0, 0.1) is 0 Å². The molecule has 0 saturated carbocycles. The molecule has 22 N–H and O–H groups in total. The second-order valence-electron chi connectivity index (χ2n) is 21.9. The van der Waals surface area contributed by atoms with E-state index in [1.165, 1.54) is 24.3 Å². The van der Waals surface area contributed by atoms with E-state index < -0.39 is 203 Å². The normalized spacial score (nSPS) is 32.9. The van der Waals surface area contributed by atoms with Crippen LogP contribution in [0.15, 0.2) is 87.2 Å². The zero-order chi connectivity index (χ0) is 64.1. The van der Waals surface area contributed by atoms with E-state index in [4.69, 9.17) is 30.1 Å². The van der Waals surface area contributed by atoms with Crippen molar-refractivity contribution in [3.63, 3.8) is 0 Å². The summed E-state index contributed by atoms with van der Waals surface area (Å²) in [6, 6.07) is 6.47. The highest BCUT2D eigenvalue weighted by molar-refractivity contribution is 5.98. The molecule has 5 aliphatic heterocycles. The lowest BCUT2D eigenvalue weighted by molar-refractivity contribution is -0.277. The Morgan fingerprint density at radius 2 is 1.27 bits per heavy atom. The Labute approximate surface area is 504 Å². The number of benzene rings is 3. The lowest BCUT2D eigenvalue weighted by Crippen LogP contribution is -2.70. The fraction of sp³-hybridized carbons (Fsp3) is 0.509. The molecule has 3 fully saturated rings. The van der Waals surface area contributed by atoms with Gasteiger partial charge in [0, 0.05) is 12.3 Å². The highest BCUT2D eigenvalue weighted by atomic mass is 16.7. The number of aliphatic imine (C=N–C) groups is 2. The fourth-order valence-electron chi connectivity index (χ4n) is 11.0. The van der Waals surface area contributed by atoms with Gasteiger partial charge in [0.15, 0.2) is 23.7 Å². The number of nitrogens with zero attached hydrogens (tertiary/aromatic N) is 4. The van der Waals surface area contributed by atoms with Crippen LogP contribution in [-0.2, 0) is 44.7 Å². The van der Waals surface area contributed by atoms with E-state index in [2.05, 4.69) is 52.2 Å². The molecule has 0 bridgehead atoms. The maximum Gasteiger partial charge on any atom is 0.246 e. The van der Waals surface area contributed by atoms with Gasteiger partial charge in [-0.05, 0) is 35.4 Å². The Bertz CT molecular complexity index is 3270. The van der Waals surface area contributed by atoms with Crippen LogP contribution in [0.2, 0.25) is 0 Å². The number of carbonyl (C=O) groups is 6. The summed E-state index contributed by atoms with van der Waals surface area (Å²) in [5.74, 6) is -8.70. The van der Waals surface area contributed by atoms with Crippen molar-refractivity contribution in [3.8, 4) is 17.2 Å². The number of hydrogen-bond acceptors (Lipinski definition) is 28. The summed E-state index contributed by atoms with van der Waals surface area (Å²) >= 11 is 0. The number of rotatable bonds is 15. The third-order valence-corrected chi connectivity index (χ3v) is 16.0. The van der Waals surface area contributed by atoms with Crippen LogP contribution in [0.25, 0.3) is 22.6 Å². The van der Waals surface area contributed by atoms with Gasteiger partial charge in [-0.3, -0.25) is 38.8 Å². The highest BCUT2D eigenvalue weighted by Gasteiger charge is 2.53. The van der Waals surface area contributed by atoms with Crippen LogP contribution < -0.4 is 53.4 Å². The molecule has 3 aromatic carbocycles. The van der Waals surface area contributed by atoms with E-state index in [9.17, 15) is 75.3 Å². The molecule has 89 heavy (non-hydrogen) atoms. The van der Waals surface area contributed by atoms with Crippen LogP contribution in [0.1, 0.15) is 24.0 Å². The van der Waals surface area contributed by atoms with E-state index in [0.717, 1.165) is 4.90 Å². The first kappa shape index (κ1) is 65.2. The number of aliphatic hydroxyl groups is 11. The van der Waals surface area contributed by atoms with Crippen LogP contribution in [0.3, 0.4) is 0 Å². The third kappa shape index (κ3) is 14.1. The van der Waals surface area contributed by atoms with E-state index in [1.54, 1.807) is 55.5 Å². The first-order chi connectivity index (χ1) is 42.5. The Kier molecular flexibility index (Phi) is 20.6. The van der Waals surface area contributed by atoms with Gasteiger partial charge in [-0.2, -0.15) is 0 Å². The molecule has 0 radical (unpaired) electrons. The average Bonchev–Trinajstić information content (AvgIpc) is 2.36. The first-order valence-corrected chi connectivity index (χ1v) is 28.2. The average molecular weight is 1250 g/mol. The Balaban J connectivity index is 1.08. The van der Waals surface area contributed by atoms with Crippen molar-refractivity contribution in [2.45, 2.75) is 135 Å². The second kappa shape index (κ2) is 28.1. The maximum absolute atomic E-state index is 15.2. The van der Waals surface area contributed by atoms with Gasteiger partial charge in [0.1, 0.15) is 103 Å². The number of aliphatic hydroxyl groups excluding tert-OH is 11. The van der Waals surface area contributed by atoms with Crippen molar-refractivity contribution in [2.75, 3.05) is 39.5 Å². The Hall–Kier alpha value is -8.23. The van der Waals surface area contributed by atoms with Crippen LogP contribution in [0.4, 0.5) is 0 Å². The molecule has 6 amide bonds. The minimum atomic E-state index is -2.32. The Morgan fingerprint density at radius 1 is 0.640 bits per heavy atom. The molecule has 5 aliphatic rings. The van der Waals surface area contributed by atoms with E-state index in [-0.39, 0.29) is 46.4 Å². The quantitative estimate of drug-likeness (QED) is 0.0525. The standard InChI is InChI=1S/C55H71N13O21/c1-21(23-7-3-2-4-8-23)35-48(83)61-26(14-22-11-12-31-25(13-22)63-51(86-31)24-9-5-6-10-30(24)88-53-45(80)43(78)41(76)33(20-71)89-53)47(82)66-36(38(73)27-15-59-54(56)64-27)50(85)67-37(49(84)62-28(18-69)46(81)58-17-34(72)65-35)39(74)29-16-60-55(57)68(29)52-44(79)42(77)40(75)32(19-70)87-52/h2-13,21,26-29,32-33,35-45,52-53,69-71,73-80H,14-20H2,1H3,(H2,57,60)(H,58,81)(H,61,83)(H,62,84)(H,65,72)(H,66,82)(H,67,85)(H3,56,59,64)/t21?,26-,27?,28+,29?,32-,33-,35+,36+,37-,38?,39?,40-,41-,42+,43+,44+,45-,52+,53+/m1/s1. The summed E-state index contributed by atoms with van der Waals surface area (Å²) in [6.45, 7) is -2.86.